The lowest BCUT2D eigenvalue weighted by atomic mass is 10.2. The molecule has 3 heterocycles. The Morgan fingerprint density at radius 2 is 2.04 bits per heavy atom. The highest BCUT2D eigenvalue weighted by Crippen LogP contribution is 2.28. The first-order chi connectivity index (χ1) is 12.7. The van der Waals surface area contributed by atoms with Crippen LogP contribution >= 0.6 is 0 Å². The Balaban J connectivity index is 1.81. The van der Waals surface area contributed by atoms with Crippen LogP contribution in [0.4, 0.5) is 24.7 Å². The van der Waals surface area contributed by atoms with Crippen LogP contribution in [-0.4, -0.2) is 35.7 Å². The zero-order chi connectivity index (χ0) is 19.3. The maximum atomic E-state index is 12.9. The van der Waals surface area contributed by atoms with E-state index in [4.69, 9.17) is 5.73 Å². The number of amides is 1. The molecule has 0 fully saturated rings. The standard InChI is InChI=1S/C15H11F3N8O/c1-6-4-10(26-14(20-6)22-13(25-26)15(16,17)18)21-7-2-3-9-8(5-7)11(12(19)27)24-23-9/h2-5,21H,1H3,(H2,19,27)(H,23,24). The van der Waals surface area contributed by atoms with E-state index in [0.717, 1.165) is 4.52 Å². The van der Waals surface area contributed by atoms with Gasteiger partial charge in [-0.25, -0.2) is 4.98 Å². The average molecular weight is 376 g/mol. The highest BCUT2D eigenvalue weighted by Gasteiger charge is 2.36. The number of nitrogens with two attached hydrogens (primary N) is 1. The van der Waals surface area contributed by atoms with Crippen molar-refractivity contribution >= 4 is 34.1 Å². The van der Waals surface area contributed by atoms with Gasteiger partial charge in [0.2, 0.25) is 0 Å². The summed E-state index contributed by atoms with van der Waals surface area (Å²) in [6.45, 7) is 1.62. The number of halogens is 3. The van der Waals surface area contributed by atoms with Crippen LogP contribution in [0.5, 0.6) is 0 Å². The number of hydrogen-bond donors (Lipinski definition) is 3. The number of aromatic amines is 1. The molecule has 0 saturated heterocycles. The molecule has 12 heteroatoms. The van der Waals surface area contributed by atoms with Crippen LogP contribution in [-0.2, 0) is 6.18 Å². The summed E-state index contributed by atoms with van der Waals surface area (Å²) >= 11 is 0. The van der Waals surface area contributed by atoms with E-state index in [9.17, 15) is 18.0 Å². The van der Waals surface area contributed by atoms with Gasteiger partial charge >= 0.3 is 6.18 Å². The predicted molar refractivity (Wildman–Crippen MR) is 88.4 cm³/mol. The number of primary amides is 1. The molecule has 0 atom stereocenters. The normalized spacial score (nSPS) is 12.0. The van der Waals surface area contributed by atoms with E-state index in [1.165, 1.54) is 6.07 Å². The first-order valence-corrected chi connectivity index (χ1v) is 7.59. The van der Waals surface area contributed by atoms with Crippen molar-refractivity contribution in [1.82, 2.24) is 29.8 Å². The summed E-state index contributed by atoms with van der Waals surface area (Å²) in [4.78, 5) is 18.8. The Kier molecular flexibility index (Phi) is 3.51. The van der Waals surface area contributed by atoms with Gasteiger partial charge in [0.1, 0.15) is 5.82 Å². The van der Waals surface area contributed by atoms with Crippen LogP contribution in [0.25, 0.3) is 16.7 Å². The van der Waals surface area contributed by atoms with Crippen molar-refractivity contribution in [3.05, 3.63) is 41.5 Å². The molecule has 27 heavy (non-hydrogen) atoms. The second-order valence-corrected chi connectivity index (χ2v) is 5.75. The number of nitrogens with zero attached hydrogens (tertiary/aromatic N) is 5. The Labute approximate surface area is 148 Å². The van der Waals surface area contributed by atoms with Crippen LogP contribution in [0, 0.1) is 6.92 Å². The number of aryl methyl sites for hydroxylation is 1. The summed E-state index contributed by atoms with van der Waals surface area (Å²) in [6, 6.07) is 6.44. The Morgan fingerprint density at radius 3 is 2.74 bits per heavy atom. The fourth-order valence-electron chi connectivity index (χ4n) is 2.62. The van der Waals surface area contributed by atoms with Crippen molar-refractivity contribution in [2.24, 2.45) is 5.73 Å². The molecule has 1 aromatic carbocycles. The predicted octanol–water partition coefficient (Wildman–Crippen LogP) is 2.17. The van der Waals surface area contributed by atoms with Crippen LogP contribution < -0.4 is 11.1 Å². The fourth-order valence-corrected chi connectivity index (χ4v) is 2.62. The smallest absolute Gasteiger partial charge is 0.364 e. The summed E-state index contributed by atoms with van der Waals surface area (Å²) in [5.74, 6) is -1.95. The molecule has 0 aliphatic rings. The topological polar surface area (TPSA) is 127 Å². The molecule has 0 bridgehead atoms. The van der Waals surface area contributed by atoms with E-state index in [-0.39, 0.29) is 17.3 Å². The molecule has 4 rings (SSSR count). The number of nitrogens with one attached hydrogen (secondary N) is 2. The Hall–Kier alpha value is -3.70. The molecule has 0 unspecified atom stereocenters. The lowest BCUT2D eigenvalue weighted by Crippen LogP contribution is -2.11. The van der Waals surface area contributed by atoms with Gasteiger partial charge in [0.15, 0.2) is 5.69 Å². The number of H-pyrrole nitrogens is 1. The number of carbonyl (C=O) groups excluding carboxylic acids is 1. The minimum atomic E-state index is -4.69. The molecule has 0 saturated carbocycles. The number of anilines is 2. The number of benzene rings is 1. The van der Waals surface area contributed by atoms with Crippen LogP contribution in [0.15, 0.2) is 24.3 Å². The molecular formula is C15H11F3N8O. The van der Waals surface area contributed by atoms with Gasteiger partial charge in [-0.1, -0.05) is 0 Å². The third-order valence-electron chi connectivity index (χ3n) is 3.76. The van der Waals surface area contributed by atoms with Crippen LogP contribution in [0.1, 0.15) is 22.0 Å². The van der Waals surface area contributed by atoms with E-state index in [2.05, 4.69) is 30.6 Å². The van der Waals surface area contributed by atoms with Crippen molar-refractivity contribution in [1.29, 1.82) is 0 Å². The van der Waals surface area contributed by atoms with E-state index in [0.29, 0.717) is 22.3 Å². The van der Waals surface area contributed by atoms with Crippen LogP contribution in [0.2, 0.25) is 0 Å². The van der Waals surface area contributed by atoms with Gasteiger partial charge in [-0.05, 0) is 25.1 Å². The fraction of sp³-hybridized carbons (Fsp3) is 0.133. The number of hydrogen-bond acceptors (Lipinski definition) is 6. The maximum absolute atomic E-state index is 12.9. The molecule has 1 amide bonds. The third-order valence-corrected chi connectivity index (χ3v) is 3.76. The second kappa shape index (κ2) is 5.65. The van der Waals surface area contributed by atoms with Crippen LogP contribution in [0.3, 0.4) is 0 Å². The SMILES string of the molecule is Cc1cc(Nc2ccc3[nH]nc(C(N)=O)c3c2)n2nc(C(F)(F)F)nc2n1. The Morgan fingerprint density at radius 1 is 1.26 bits per heavy atom. The molecule has 4 N–H and O–H groups in total. The molecule has 0 radical (unpaired) electrons. The van der Waals surface area contributed by atoms with Gasteiger partial charge in [0.05, 0.1) is 5.52 Å². The average Bonchev–Trinajstić information content (AvgIpc) is 3.17. The molecule has 9 nitrogen and oxygen atoms in total. The molecule has 0 spiro atoms. The molecule has 0 aliphatic heterocycles. The van der Waals surface area contributed by atoms with Crippen molar-refractivity contribution < 1.29 is 18.0 Å². The summed E-state index contributed by atoms with van der Waals surface area (Å²) in [5, 5.41) is 13.4. The minimum Gasteiger partial charge on any atom is -0.364 e. The lowest BCUT2D eigenvalue weighted by Gasteiger charge is -2.09. The largest absolute Gasteiger partial charge is 0.453 e. The summed E-state index contributed by atoms with van der Waals surface area (Å²) in [5.41, 5.74) is 6.87. The zero-order valence-electron chi connectivity index (χ0n) is 13.7. The first kappa shape index (κ1) is 16.8. The quantitative estimate of drug-likeness (QED) is 0.503. The van der Waals surface area contributed by atoms with Gasteiger partial charge in [-0.15, -0.1) is 5.10 Å². The molecule has 3 aromatic heterocycles. The number of fused-ring (bicyclic) bond motifs is 2. The maximum Gasteiger partial charge on any atom is 0.453 e. The van der Waals surface area contributed by atoms with Gasteiger partial charge < -0.3 is 11.1 Å². The Bertz CT molecular complexity index is 1190. The first-order valence-electron chi connectivity index (χ1n) is 7.59. The highest BCUT2D eigenvalue weighted by atomic mass is 19.4. The van der Waals surface area contributed by atoms with Crippen molar-refractivity contribution in [2.75, 3.05) is 5.32 Å². The van der Waals surface area contributed by atoms with Gasteiger partial charge in [0.25, 0.3) is 17.5 Å². The molecular weight excluding hydrogens is 365 g/mol. The number of carbonyl (C=O) groups is 1. The number of alkyl halides is 3. The minimum absolute atomic E-state index is 0.0600. The van der Waals surface area contributed by atoms with E-state index in [1.807, 2.05) is 0 Å². The molecule has 138 valence electrons. The van der Waals surface area contributed by atoms with Crippen molar-refractivity contribution in [3.63, 3.8) is 0 Å². The van der Waals surface area contributed by atoms with Crippen molar-refractivity contribution in [2.45, 2.75) is 13.1 Å². The third kappa shape index (κ3) is 2.90. The number of rotatable bonds is 3. The molecule has 4 aromatic rings. The number of aromatic nitrogens is 6. The summed E-state index contributed by atoms with van der Waals surface area (Å²) < 4.78 is 39.7. The second-order valence-electron chi connectivity index (χ2n) is 5.75. The highest BCUT2D eigenvalue weighted by molar-refractivity contribution is 6.04. The molecule has 0 aliphatic carbocycles. The van der Waals surface area contributed by atoms with E-state index < -0.39 is 17.9 Å². The van der Waals surface area contributed by atoms with Gasteiger partial charge in [-0.3, -0.25) is 9.89 Å². The van der Waals surface area contributed by atoms with E-state index in [1.54, 1.807) is 25.1 Å². The van der Waals surface area contributed by atoms with Crippen molar-refractivity contribution in [3.8, 4) is 0 Å². The van der Waals surface area contributed by atoms with E-state index >= 15 is 0 Å². The van der Waals surface area contributed by atoms with Gasteiger partial charge in [-0.2, -0.15) is 27.8 Å². The zero-order valence-corrected chi connectivity index (χ0v) is 13.7. The van der Waals surface area contributed by atoms with Gasteiger partial charge in [0, 0.05) is 22.8 Å². The lowest BCUT2D eigenvalue weighted by molar-refractivity contribution is -0.144. The summed E-state index contributed by atoms with van der Waals surface area (Å²) in [7, 11) is 0. The summed E-state index contributed by atoms with van der Waals surface area (Å²) in [6.07, 6.45) is -4.69. The monoisotopic (exact) mass is 376 g/mol.